The summed E-state index contributed by atoms with van der Waals surface area (Å²) >= 11 is 0. The van der Waals surface area contributed by atoms with Crippen LogP contribution in [-0.2, 0) is 0 Å². The van der Waals surface area contributed by atoms with Gasteiger partial charge in [-0.05, 0) is 52.8 Å². The van der Waals surface area contributed by atoms with E-state index in [0.29, 0.717) is 5.75 Å². The Hall–Kier alpha value is -2.30. The minimum Gasteiger partial charge on any atom is -0.490 e. The minimum atomic E-state index is -0.963. The number of carboxylic acids is 1. The third-order valence-corrected chi connectivity index (χ3v) is 3.33. The van der Waals surface area contributed by atoms with E-state index in [1.54, 1.807) is 18.2 Å². The molecule has 1 N–H and O–H groups in total. The number of aryl methyl sites for hydroxylation is 1. The van der Waals surface area contributed by atoms with Gasteiger partial charge in [-0.1, -0.05) is 0 Å². The lowest BCUT2D eigenvalue weighted by atomic mass is 10.0. The van der Waals surface area contributed by atoms with Gasteiger partial charge in [0.1, 0.15) is 5.75 Å². The first-order valence-corrected chi connectivity index (χ1v) is 7.39. The Morgan fingerprint density at radius 2 is 1.91 bits per heavy atom. The van der Waals surface area contributed by atoms with Crippen LogP contribution in [0.15, 0.2) is 24.4 Å². The van der Waals surface area contributed by atoms with Crippen LogP contribution in [0, 0.1) is 6.92 Å². The summed E-state index contributed by atoms with van der Waals surface area (Å²) in [6.45, 7) is 9.91. The molecule has 0 aliphatic heterocycles. The average molecular weight is 302 g/mol. The van der Waals surface area contributed by atoms with Gasteiger partial charge in [0, 0.05) is 23.4 Å². The summed E-state index contributed by atoms with van der Waals surface area (Å²) in [6, 6.07) is 5.22. The largest absolute Gasteiger partial charge is 0.490 e. The lowest BCUT2D eigenvalue weighted by molar-refractivity contribution is 0.0696. The molecule has 0 bridgehead atoms. The highest BCUT2D eigenvalue weighted by molar-refractivity contribution is 5.89. The molecule has 5 heteroatoms. The van der Waals surface area contributed by atoms with E-state index in [1.165, 1.54) is 0 Å². The summed E-state index contributed by atoms with van der Waals surface area (Å²) in [7, 11) is 0. The molecule has 0 saturated heterocycles. The third kappa shape index (κ3) is 3.30. The Kier molecular flexibility index (Phi) is 4.54. The van der Waals surface area contributed by atoms with Crippen LogP contribution in [0.2, 0.25) is 0 Å². The van der Waals surface area contributed by atoms with E-state index in [2.05, 4.69) is 18.9 Å². The first-order valence-electron chi connectivity index (χ1n) is 7.39. The molecule has 5 nitrogen and oxygen atoms in total. The number of hydrogen-bond donors (Lipinski definition) is 1. The van der Waals surface area contributed by atoms with E-state index in [1.807, 2.05) is 31.6 Å². The maximum Gasteiger partial charge on any atom is 0.335 e. The highest BCUT2D eigenvalue weighted by Crippen LogP contribution is 2.34. The van der Waals surface area contributed by atoms with E-state index < -0.39 is 5.97 Å². The van der Waals surface area contributed by atoms with Gasteiger partial charge in [0.25, 0.3) is 0 Å². The number of aromatic carboxylic acids is 1. The van der Waals surface area contributed by atoms with E-state index in [0.717, 1.165) is 16.8 Å². The van der Waals surface area contributed by atoms with E-state index in [9.17, 15) is 4.79 Å². The van der Waals surface area contributed by atoms with Crippen LogP contribution in [-0.4, -0.2) is 27.0 Å². The summed E-state index contributed by atoms with van der Waals surface area (Å²) in [6.07, 6.45) is 1.94. The zero-order valence-corrected chi connectivity index (χ0v) is 13.6. The second-order valence-electron chi connectivity index (χ2n) is 5.88. The van der Waals surface area contributed by atoms with Gasteiger partial charge in [-0.25, -0.2) is 4.79 Å². The molecule has 0 atom stereocenters. The zero-order chi connectivity index (χ0) is 16.4. The van der Waals surface area contributed by atoms with Crippen molar-refractivity contribution in [2.45, 2.75) is 46.8 Å². The summed E-state index contributed by atoms with van der Waals surface area (Å²) in [5.74, 6) is -0.393. The molecule has 1 heterocycles. The van der Waals surface area contributed by atoms with Gasteiger partial charge >= 0.3 is 5.97 Å². The zero-order valence-electron chi connectivity index (χ0n) is 13.6. The SMILES string of the molecule is Cc1nn(C(C)C)cc1-c1ccc(C(=O)O)cc1OC(C)C. The van der Waals surface area contributed by atoms with Gasteiger partial charge in [0.05, 0.1) is 17.4 Å². The second-order valence-corrected chi connectivity index (χ2v) is 5.88. The molecule has 0 fully saturated rings. The summed E-state index contributed by atoms with van der Waals surface area (Å²) in [4.78, 5) is 11.2. The molecule has 0 unspecified atom stereocenters. The van der Waals surface area contributed by atoms with Gasteiger partial charge in [-0.2, -0.15) is 5.10 Å². The normalized spacial score (nSPS) is 11.2. The quantitative estimate of drug-likeness (QED) is 0.909. The van der Waals surface area contributed by atoms with Crippen molar-refractivity contribution >= 4 is 5.97 Å². The highest BCUT2D eigenvalue weighted by atomic mass is 16.5. The number of aromatic nitrogens is 2. The molecule has 2 aromatic rings. The van der Waals surface area contributed by atoms with Gasteiger partial charge in [0.15, 0.2) is 0 Å². The molecule has 0 aliphatic carbocycles. The molecular weight excluding hydrogens is 280 g/mol. The van der Waals surface area contributed by atoms with Crippen LogP contribution in [0.4, 0.5) is 0 Å². The lowest BCUT2D eigenvalue weighted by Crippen LogP contribution is -2.08. The van der Waals surface area contributed by atoms with Crippen molar-refractivity contribution in [1.82, 2.24) is 9.78 Å². The van der Waals surface area contributed by atoms with Crippen LogP contribution >= 0.6 is 0 Å². The van der Waals surface area contributed by atoms with Crippen LogP contribution in [0.5, 0.6) is 5.75 Å². The minimum absolute atomic E-state index is 0.0387. The fourth-order valence-electron chi connectivity index (χ4n) is 2.24. The summed E-state index contributed by atoms with van der Waals surface area (Å²) < 4.78 is 7.71. The van der Waals surface area contributed by atoms with Crippen molar-refractivity contribution in [3.8, 4) is 16.9 Å². The molecule has 22 heavy (non-hydrogen) atoms. The number of ether oxygens (including phenoxy) is 1. The molecule has 1 aromatic heterocycles. The van der Waals surface area contributed by atoms with Gasteiger partial charge in [0.2, 0.25) is 0 Å². The lowest BCUT2D eigenvalue weighted by Gasteiger charge is -2.14. The van der Waals surface area contributed by atoms with Crippen molar-refractivity contribution in [2.75, 3.05) is 0 Å². The molecule has 0 saturated carbocycles. The van der Waals surface area contributed by atoms with Crippen LogP contribution < -0.4 is 4.74 Å². The number of carbonyl (C=O) groups is 1. The first kappa shape index (κ1) is 16.1. The van der Waals surface area contributed by atoms with Crippen LogP contribution in [0.25, 0.3) is 11.1 Å². The molecule has 1 aromatic carbocycles. The van der Waals surface area contributed by atoms with Crippen molar-refractivity contribution < 1.29 is 14.6 Å². The van der Waals surface area contributed by atoms with Crippen molar-refractivity contribution in [2.24, 2.45) is 0 Å². The monoisotopic (exact) mass is 302 g/mol. The Morgan fingerprint density at radius 1 is 1.23 bits per heavy atom. The van der Waals surface area contributed by atoms with Crippen LogP contribution in [0.1, 0.15) is 49.8 Å². The van der Waals surface area contributed by atoms with E-state index in [-0.39, 0.29) is 17.7 Å². The number of nitrogens with zero attached hydrogens (tertiary/aromatic N) is 2. The standard InChI is InChI=1S/C17H22N2O3/c1-10(2)19-9-15(12(5)18-19)14-7-6-13(17(20)21)8-16(14)22-11(3)4/h6-11H,1-5H3,(H,20,21). The van der Waals surface area contributed by atoms with Gasteiger partial charge < -0.3 is 9.84 Å². The first-order chi connectivity index (χ1) is 10.3. The fraction of sp³-hybridized carbons (Fsp3) is 0.412. The molecule has 0 spiro atoms. The number of carboxylic acid groups (broad SMARTS) is 1. The Balaban J connectivity index is 2.56. The Labute approximate surface area is 130 Å². The smallest absolute Gasteiger partial charge is 0.335 e. The maximum atomic E-state index is 11.2. The molecule has 2 rings (SSSR count). The maximum absolute atomic E-state index is 11.2. The van der Waals surface area contributed by atoms with Crippen molar-refractivity contribution in [1.29, 1.82) is 0 Å². The molecule has 0 amide bonds. The molecule has 118 valence electrons. The predicted octanol–water partition coefficient (Wildman–Crippen LogP) is 3.92. The van der Waals surface area contributed by atoms with Gasteiger partial charge in [-0.3, -0.25) is 4.68 Å². The van der Waals surface area contributed by atoms with Crippen LogP contribution in [0.3, 0.4) is 0 Å². The third-order valence-electron chi connectivity index (χ3n) is 3.33. The molecule has 0 aliphatic rings. The van der Waals surface area contributed by atoms with Crippen molar-refractivity contribution in [3.63, 3.8) is 0 Å². The topological polar surface area (TPSA) is 64.4 Å². The summed E-state index contributed by atoms with van der Waals surface area (Å²) in [5, 5.41) is 13.7. The fourth-order valence-corrected chi connectivity index (χ4v) is 2.24. The van der Waals surface area contributed by atoms with Crippen molar-refractivity contribution in [3.05, 3.63) is 35.7 Å². The number of rotatable bonds is 5. The number of benzene rings is 1. The van der Waals surface area contributed by atoms with E-state index >= 15 is 0 Å². The predicted molar refractivity (Wildman–Crippen MR) is 85.5 cm³/mol. The second kappa shape index (κ2) is 6.22. The number of hydrogen-bond acceptors (Lipinski definition) is 3. The van der Waals surface area contributed by atoms with E-state index in [4.69, 9.17) is 9.84 Å². The Morgan fingerprint density at radius 3 is 2.41 bits per heavy atom. The summed E-state index contributed by atoms with van der Waals surface area (Å²) in [5.41, 5.74) is 2.93. The molecule has 0 radical (unpaired) electrons. The Bertz CT molecular complexity index is 687. The highest BCUT2D eigenvalue weighted by Gasteiger charge is 2.16. The average Bonchev–Trinajstić information content (AvgIpc) is 2.80. The molecular formula is C17H22N2O3. The van der Waals surface area contributed by atoms with Gasteiger partial charge in [-0.15, -0.1) is 0 Å².